The molecular formula is C11H13Cl2NO3S. The third-order valence-corrected chi connectivity index (χ3v) is 3.96. The topological polar surface area (TPSA) is 63.2 Å². The molecule has 4 nitrogen and oxygen atoms in total. The molecule has 0 fully saturated rings. The fourth-order valence-corrected chi connectivity index (χ4v) is 2.35. The maximum Gasteiger partial charge on any atom is 0.261 e. The number of nitrogens with one attached hydrogen (secondary N) is 1. The molecule has 1 rings (SSSR count). The van der Waals surface area contributed by atoms with Crippen molar-refractivity contribution in [3.63, 3.8) is 0 Å². The minimum Gasteiger partial charge on any atom is -0.350 e. The largest absolute Gasteiger partial charge is 0.350 e. The third-order valence-electron chi connectivity index (χ3n) is 2.40. The molecule has 18 heavy (non-hydrogen) atoms. The summed E-state index contributed by atoms with van der Waals surface area (Å²) in [7, 11) is 1.31. The van der Waals surface area contributed by atoms with Gasteiger partial charge in [-0.15, -0.1) is 0 Å². The van der Waals surface area contributed by atoms with Crippen LogP contribution >= 0.6 is 22.3 Å². The molecule has 0 heterocycles. The lowest BCUT2D eigenvalue weighted by molar-refractivity contribution is 0.0939. The van der Waals surface area contributed by atoms with Gasteiger partial charge >= 0.3 is 0 Å². The van der Waals surface area contributed by atoms with E-state index in [4.69, 9.17) is 22.3 Å². The molecule has 0 spiro atoms. The SMILES string of the molecule is CCC(C)NC(=O)c1cc(Cl)cc(S(=O)(=O)Cl)c1. The van der Waals surface area contributed by atoms with Crippen LogP contribution in [0.15, 0.2) is 23.1 Å². The normalized spacial score (nSPS) is 13.1. The second-order valence-electron chi connectivity index (χ2n) is 3.90. The first-order valence-electron chi connectivity index (χ1n) is 5.30. The second-order valence-corrected chi connectivity index (χ2v) is 6.90. The van der Waals surface area contributed by atoms with Gasteiger partial charge in [0.15, 0.2) is 0 Å². The molecule has 1 atom stereocenters. The van der Waals surface area contributed by atoms with Gasteiger partial charge in [-0.25, -0.2) is 8.42 Å². The Morgan fingerprint density at radius 1 is 1.39 bits per heavy atom. The van der Waals surface area contributed by atoms with Gasteiger partial charge in [-0.1, -0.05) is 18.5 Å². The van der Waals surface area contributed by atoms with E-state index in [1.807, 2.05) is 13.8 Å². The van der Waals surface area contributed by atoms with Crippen molar-refractivity contribution in [2.24, 2.45) is 0 Å². The number of carbonyl (C=O) groups is 1. The molecule has 1 aromatic carbocycles. The molecule has 1 unspecified atom stereocenters. The molecule has 1 N–H and O–H groups in total. The Labute approximate surface area is 116 Å². The average Bonchev–Trinajstić information content (AvgIpc) is 2.26. The lowest BCUT2D eigenvalue weighted by Crippen LogP contribution is -2.31. The Morgan fingerprint density at radius 2 is 2.00 bits per heavy atom. The molecular weight excluding hydrogens is 297 g/mol. The quantitative estimate of drug-likeness (QED) is 0.870. The van der Waals surface area contributed by atoms with Crippen LogP contribution in [-0.2, 0) is 9.05 Å². The first-order valence-corrected chi connectivity index (χ1v) is 7.99. The minimum absolute atomic E-state index is 0.00691. The standard InChI is InChI=1S/C11H13Cl2NO3S/c1-3-7(2)14-11(15)8-4-9(12)6-10(5-8)18(13,16)17/h4-7H,3H2,1-2H3,(H,14,15). The molecule has 1 aromatic rings. The molecule has 0 aromatic heterocycles. The van der Waals surface area contributed by atoms with Crippen LogP contribution < -0.4 is 5.32 Å². The summed E-state index contributed by atoms with van der Waals surface area (Å²) in [6.45, 7) is 3.78. The van der Waals surface area contributed by atoms with E-state index in [-0.39, 0.29) is 27.4 Å². The predicted octanol–water partition coefficient (Wildman–Crippen LogP) is 2.80. The summed E-state index contributed by atoms with van der Waals surface area (Å²) < 4.78 is 22.4. The van der Waals surface area contributed by atoms with Crippen LogP contribution in [0.1, 0.15) is 30.6 Å². The number of carbonyl (C=O) groups excluding carboxylic acids is 1. The number of benzene rings is 1. The van der Waals surface area contributed by atoms with E-state index in [1.54, 1.807) is 0 Å². The highest BCUT2D eigenvalue weighted by Crippen LogP contribution is 2.22. The summed E-state index contributed by atoms with van der Waals surface area (Å²) in [6, 6.07) is 3.79. The third kappa shape index (κ3) is 4.15. The van der Waals surface area contributed by atoms with Crippen LogP contribution in [0.3, 0.4) is 0 Å². The van der Waals surface area contributed by atoms with Crippen molar-refractivity contribution in [1.82, 2.24) is 5.32 Å². The highest BCUT2D eigenvalue weighted by atomic mass is 35.7. The van der Waals surface area contributed by atoms with E-state index in [1.165, 1.54) is 18.2 Å². The molecule has 100 valence electrons. The Bertz CT molecular complexity index is 557. The summed E-state index contributed by atoms with van der Waals surface area (Å²) in [6.07, 6.45) is 0.771. The van der Waals surface area contributed by atoms with Gasteiger partial charge in [-0.05, 0) is 31.5 Å². The molecule has 0 aliphatic rings. The Morgan fingerprint density at radius 3 is 2.50 bits per heavy atom. The monoisotopic (exact) mass is 309 g/mol. The first kappa shape index (κ1) is 15.3. The summed E-state index contributed by atoms with van der Waals surface area (Å²) in [5.74, 6) is -0.381. The van der Waals surface area contributed by atoms with Gasteiger partial charge in [0.1, 0.15) is 0 Å². The number of rotatable bonds is 4. The van der Waals surface area contributed by atoms with Crippen molar-refractivity contribution in [1.29, 1.82) is 0 Å². The van der Waals surface area contributed by atoms with Crippen LogP contribution in [0.25, 0.3) is 0 Å². The van der Waals surface area contributed by atoms with Crippen LogP contribution in [0.2, 0.25) is 5.02 Å². The van der Waals surface area contributed by atoms with E-state index in [9.17, 15) is 13.2 Å². The van der Waals surface area contributed by atoms with E-state index < -0.39 is 9.05 Å². The van der Waals surface area contributed by atoms with Crippen molar-refractivity contribution in [3.8, 4) is 0 Å². The van der Waals surface area contributed by atoms with Gasteiger partial charge in [0.25, 0.3) is 15.0 Å². The van der Waals surface area contributed by atoms with Crippen molar-refractivity contribution < 1.29 is 13.2 Å². The zero-order valence-electron chi connectivity index (χ0n) is 9.91. The van der Waals surface area contributed by atoms with Crippen molar-refractivity contribution in [2.45, 2.75) is 31.2 Å². The van der Waals surface area contributed by atoms with E-state index in [0.717, 1.165) is 6.42 Å². The molecule has 0 aliphatic carbocycles. The smallest absolute Gasteiger partial charge is 0.261 e. The highest BCUT2D eigenvalue weighted by Gasteiger charge is 2.16. The van der Waals surface area contributed by atoms with Gasteiger partial charge < -0.3 is 5.32 Å². The summed E-state index contributed by atoms with van der Waals surface area (Å²) >= 11 is 5.77. The average molecular weight is 310 g/mol. The summed E-state index contributed by atoms with van der Waals surface area (Å²) in [5, 5.41) is 2.86. The zero-order chi connectivity index (χ0) is 13.9. The Hall–Kier alpha value is -0.780. The summed E-state index contributed by atoms with van der Waals surface area (Å²) in [4.78, 5) is 11.6. The molecule has 1 amide bonds. The van der Waals surface area contributed by atoms with Crippen molar-refractivity contribution >= 4 is 37.2 Å². The Kier molecular flexibility index (Phi) is 5.01. The molecule has 0 bridgehead atoms. The Balaban J connectivity index is 3.11. The zero-order valence-corrected chi connectivity index (χ0v) is 12.2. The van der Waals surface area contributed by atoms with Gasteiger partial charge in [0, 0.05) is 27.3 Å². The van der Waals surface area contributed by atoms with Crippen molar-refractivity contribution in [3.05, 3.63) is 28.8 Å². The number of hydrogen-bond acceptors (Lipinski definition) is 3. The van der Waals surface area contributed by atoms with Crippen molar-refractivity contribution in [2.75, 3.05) is 0 Å². The van der Waals surface area contributed by atoms with E-state index in [0.29, 0.717) is 0 Å². The molecule has 0 radical (unpaired) electrons. The number of amides is 1. The molecule has 0 saturated carbocycles. The number of halogens is 2. The van der Waals surface area contributed by atoms with E-state index in [2.05, 4.69) is 5.32 Å². The van der Waals surface area contributed by atoms with Gasteiger partial charge in [0.05, 0.1) is 4.90 Å². The van der Waals surface area contributed by atoms with Crippen LogP contribution in [0.5, 0.6) is 0 Å². The van der Waals surface area contributed by atoms with Gasteiger partial charge in [-0.3, -0.25) is 4.79 Å². The van der Waals surface area contributed by atoms with Crippen LogP contribution in [0, 0.1) is 0 Å². The molecule has 7 heteroatoms. The highest BCUT2D eigenvalue weighted by molar-refractivity contribution is 8.13. The van der Waals surface area contributed by atoms with Crippen LogP contribution in [-0.4, -0.2) is 20.4 Å². The fraction of sp³-hybridized carbons (Fsp3) is 0.364. The second kappa shape index (κ2) is 5.91. The predicted molar refractivity (Wildman–Crippen MR) is 71.7 cm³/mol. The lowest BCUT2D eigenvalue weighted by atomic mass is 10.2. The maximum absolute atomic E-state index is 11.8. The van der Waals surface area contributed by atoms with Gasteiger partial charge in [-0.2, -0.15) is 0 Å². The number of hydrogen-bond donors (Lipinski definition) is 1. The van der Waals surface area contributed by atoms with Gasteiger partial charge in [0.2, 0.25) is 0 Å². The maximum atomic E-state index is 11.8. The minimum atomic E-state index is -3.91. The van der Waals surface area contributed by atoms with E-state index >= 15 is 0 Å². The molecule has 0 aliphatic heterocycles. The van der Waals surface area contributed by atoms with Crippen LogP contribution in [0.4, 0.5) is 0 Å². The molecule has 0 saturated heterocycles. The lowest BCUT2D eigenvalue weighted by Gasteiger charge is -2.12. The first-order chi connectivity index (χ1) is 8.24. The summed E-state index contributed by atoms with van der Waals surface area (Å²) in [5.41, 5.74) is 0.169. The fourth-order valence-electron chi connectivity index (χ4n) is 1.24.